The molecular weight excluding hydrogens is 720 g/mol. The summed E-state index contributed by atoms with van der Waals surface area (Å²) in [7, 11) is 0. The van der Waals surface area contributed by atoms with Crippen LogP contribution in [0.25, 0.3) is 28.4 Å². The summed E-state index contributed by atoms with van der Waals surface area (Å²) >= 11 is 0. The normalized spacial score (nSPS) is 28.6. The minimum Gasteiger partial charge on any atom is -0.508 e. The van der Waals surface area contributed by atoms with Crippen LogP contribution in [0.4, 0.5) is 0 Å². The molecule has 18 heteroatoms. The van der Waals surface area contributed by atoms with Crippen molar-refractivity contribution < 1.29 is 84.0 Å². The Bertz CT molecular complexity index is 2080. The number of hydrogen-bond acceptors (Lipinski definition) is 18. The Morgan fingerprint density at radius 1 is 0.759 bits per heavy atom. The van der Waals surface area contributed by atoms with E-state index in [1.165, 1.54) is 43.3 Å². The molecule has 2 fully saturated rings. The highest BCUT2D eigenvalue weighted by molar-refractivity contribution is 5.88. The third kappa shape index (κ3) is 7.77. The first-order valence-electron chi connectivity index (χ1n) is 16.3. The zero-order chi connectivity index (χ0) is 39.0. The first-order chi connectivity index (χ1) is 25.6. The summed E-state index contributed by atoms with van der Waals surface area (Å²) in [6.45, 7) is 0.691. The lowest BCUT2D eigenvalue weighted by Crippen LogP contribution is -2.64. The summed E-state index contributed by atoms with van der Waals surface area (Å²) in [6, 6.07) is 11.1. The van der Waals surface area contributed by atoms with Gasteiger partial charge in [0.05, 0.1) is 6.10 Å². The molecule has 288 valence electrons. The van der Waals surface area contributed by atoms with Gasteiger partial charge in [-0.15, -0.1) is 0 Å². The molecule has 0 aliphatic carbocycles. The van der Waals surface area contributed by atoms with Crippen LogP contribution in [-0.4, -0.2) is 125 Å². The van der Waals surface area contributed by atoms with Crippen molar-refractivity contribution in [1.29, 1.82) is 0 Å². The average molecular weight is 757 g/mol. The molecule has 0 bridgehead atoms. The lowest BCUT2D eigenvalue weighted by Gasteiger charge is -2.45. The number of aliphatic hydroxyl groups is 5. The van der Waals surface area contributed by atoms with E-state index in [1.807, 2.05) is 0 Å². The molecule has 6 rings (SSSR count). The van der Waals surface area contributed by atoms with Gasteiger partial charge in [-0.2, -0.15) is 0 Å². The zero-order valence-corrected chi connectivity index (χ0v) is 28.1. The second-order valence-electron chi connectivity index (χ2n) is 12.6. The Kier molecular flexibility index (Phi) is 11.0. The number of fused-ring (bicyclic) bond motifs is 1. The van der Waals surface area contributed by atoms with Crippen molar-refractivity contribution >= 4 is 23.0 Å². The molecule has 0 unspecified atom stereocenters. The van der Waals surface area contributed by atoms with E-state index in [4.69, 9.17) is 28.1 Å². The number of rotatable bonds is 9. The van der Waals surface area contributed by atoms with Crippen molar-refractivity contribution in [2.45, 2.75) is 68.3 Å². The number of aromatic hydroxyl groups is 5. The van der Waals surface area contributed by atoms with E-state index >= 15 is 0 Å². The highest BCUT2D eigenvalue weighted by Gasteiger charge is 2.51. The summed E-state index contributed by atoms with van der Waals surface area (Å²) in [5.41, 5.74) is -0.858. The van der Waals surface area contributed by atoms with Gasteiger partial charge in [-0.25, -0.2) is 4.79 Å². The van der Waals surface area contributed by atoms with Crippen LogP contribution in [-0.2, 0) is 23.7 Å². The molecular formula is C36H36O18. The number of carbonyl (C=O) groups excluding carboxylic acids is 1. The van der Waals surface area contributed by atoms with Gasteiger partial charge in [0.25, 0.3) is 0 Å². The first-order valence-corrected chi connectivity index (χ1v) is 16.3. The van der Waals surface area contributed by atoms with Crippen LogP contribution in [0.2, 0.25) is 0 Å². The van der Waals surface area contributed by atoms with Gasteiger partial charge in [0.15, 0.2) is 29.7 Å². The van der Waals surface area contributed by atoms with Crippen LogP contribution in [0.15, 0.2) is 69.9 Å². The molecule has 0 spiro atoms. The second kappa shape index (κ2) is 15.5. The van der Waals surface area contributed by atoms with Gasteiger partial charge >= 0.3 is 5.97 Å². The lowest BCUT2D eigenvalue weighted by atomic mass is 9.97. The SMILES string of the molecule is C[C@H]1O[C@@H](Oc2c(-c3ccc(O)c(O)c3)oc3cc(O)cc(O)c3c2=O)[C@H](O[C@H]2O[C@H](COC(=O)/C=C/c3ccc(O)cc3)[C@H](O)[C@@H](O)[C@H]2O)[C@@H](O)[C@H]1O. The number of carbonyl (C=O) groups is 1. The summed E-state index contributed by atoms with van der Waals surface area (Å²) < 4.78 is 34.2. The highest BCUT2D eigenvalue weighted by Crippen LogP contribution is 2.40. The van der Waals surface area contributed by atoms with Crippen LogP contribution >= 0.6 is 0 Å². The van der Waals surface area contributed by atoms with Crippen molar-refractivity contribution in [3.05, 3.63) is 76.5 Å². The molecule has 3 aromatic carbocycles. The van der Waals surface area contributed by atoms with E-state index in [2.05, 4.69) is 0 Å². The Labute approximate surface area is 304 Å². The Morgan fingerprint density at radius 2 is 1.48 bits per heavy atom. The zero-order valence-electron chi connectivity index (χ0n) is 28.1. The molecule has 2 aliphatic heterocycles. The third-order valence-corrected chi connectivity index (χ3v) is 8.83. The Morgan fingerprint density at radius 3 is 2.19 bits per heavy atom. The standard InChI is InChI=1S/C36H36O18/c1-14-26(43)30(47)34(54-35-31(48)29(46)27(44)23(52-35)13-49-24(42)9-4-15-2-6-17(37)7-3-15)36(50-14)53-33-28(45)25-21(41)11-18(38)12-22(25)51-32(33)16-5-8-19(39)20(40)10-16/h2-12,14,23,26-27,29-31,34-41,43-44,46-48H,13H2,1H3/b9-4+/t14-,23-,26+,27+,29-,30+,31-,34-,35-,36+/m1/s1. The first kappa shape index (κ1) is 38.3. The fourth-order valence-corrected chi connectivity index (χ4v) is 5.87. The molecule has 2 aliphatic rings. The summed E-state index contributed by atoms with van der Waals surface area (Å²) in [5, 5.41) is 104. The molecule has 3 heterocycles. The van der Waals surface area contributed by atoms with Gasteiger partial charge in [-0.05, 0) is 48.9 Å². The Balaban J connectivity index is 1.28. The molecule has 0 saturated carbocycles. The van der Waals surface area contributed by atoms with E-state index in [1.54, 1.807) is 0 Å². The van der Waals surface area contributed by atoms with Gasteiger partial charge in [-0.3, -0.25) is 4.79 Å². The van der Waals surface area contributed by atoms with Gasteiger partial charge < -0.3 is 79.2 Å². The minimum atomic E-state index is -2.00. The molecule has 4 aromatic rings. The maximum Gasteiger partial charge on any atom is 0.330 e. The van der Waals surface area contributed by atoms with Crippen molar-refractivity contribution in [2.24, 2.45) is 0 Å². The summed E-state index contributed by atoms with van der Waals surface area (Å²) in [6.07, 6.45) is -15.2. The number of hydrogen-bond donors (Lipinski definition) is 10. The van der Waals surface area contributed by atoms with Crippen molar-refractivity contribution in [3.63, 3.8) is 0 Å². The predicted octanol–water partition coefficient (Wildman–Crippen LogP) is 0.283. The summed E-state index contributed by atoms with van der Waals surface area (Å²) in [5.74, 6) is -4.31. The van der Waals surface area contributed by atoms with Gasteiger partial charge in [0.2, 0.25) is 17.5 Å². The fourth-order valence-electron chi connectivity index (χ4n) is 5.87. The quantitative estimate of drug-likeness (QED) is 0.0623. The van der Waals surface area contributed by atoms with Crippen LogP contribution < -0.4 is 10.2 Å². The van der Waals surface area contributed by atoms with Gasteiger partial charge in [0.1, 0.15) is 71.4 Å². The van der Waals surface area contributed by atoms with Crippen molar-refractivity contribution in [1.82, 2.24) is 0 Å². The lowest BCUT2D eigenvalue weighted by molar-refractivity contribution is -0.355. The van der Waals surface area contributed by atoms with E-state index < -0.39 is 119 Å². The molecule has 18 nitrogen and oxygen atoms in total. The van der Waals surface area contributed by atoms with Crippen LogP contribution in [0.1, 0.15) is 12.5 Å². The Hall–Kier alpha value is -5.44. The monoisotopic (exact) mass is 756 g/mol. The third-order valence-electron chi connectivity index (χ3n) is 8.83. The maximum atomic E-state index is 13.9. The maximum absolute atomic E-state index is 13.9. The van der Waals surface area contributed by atoms with E-state index in [0.717, 1.165) is 30.3 Å². The topological polar surface area (TPSA) is 296 Å². The second-order valence-corrected chi connectivity index (χ2v) is 12.6. The molecule has 54 heavy (non-hydrogen) atoms. The van der Waals surface area contributed by atoms with Crippen LogP contribution in [0.3, 0.4) is 0 Å². The van der Waals surface area contributed by atoms with Crippen LogP contribution in [0, 0.1) is 0 Å². The smallest absolute Gasteiger partial charge is 0.330 e. The average Bonchev–Trinajstić information content (AvgIpc) is 3.13. The molecule has 2 saturated heterocycles. The largest absolute Gasteiger partial charge is 0.508 e. The molecule has 1 aromatic heterocycles. The predicted molar refractivity (Wildman–Crippen MR) is 181 cm³/mol. The van der Waals surface area contributed by atoms with E-state index in [0.29, 0.717) is 5.56 Å². The van der Waals surface area contributed by atoms with Crippen molar-refractivity contribution in [2.75, 3.05) is 6.61 Å². The fraction of sp³-hybridized carbons (Fsp3) is 0.333. The van der Waals surface area contributed by atoms with Gasteiger partial charge in [-0.1, -0.05) is 12.1 Å². The van der Waals surface area contributed by atoms with Crippen LogP contribution in [0.5, 0.6) is 34.5 Å². The number of phenols is 5. The highest BCUT2D eigenvalue weighted by atomic mass is 16.8. The van der Waals surface area contributed by atoms with E-state index in [9.17, 15) is 60.7 Å². The molecule has 10 N–H and O–H groups in total. The summed E-state index contributed by atoms with van der Waals surface area (Å²) in [4.78, 5) is 26.3. The number of phenolic OH excluding ortho intramolecular Hbond substituents is 5. The molecule has 10 atom stereocenters. The molecule has 0 amide bonds. The number of benzene rings is 3. The number of aliphatic hydroxyl groups excluding tert-OH is 5. The minimum absolute atomic E-state index is 0.0198. The number of ether oxygens (including phenoxy) is 5. The van der Waals surface area contributed by atoms with Gasteiger partial charge in [0, 0.05) is 23.8 Å². The van der Waals surface area contributed by atoms with Crippen molar-refractivity contribution in [3.8, 4) is 45.8 Å². The number of esters is 1. The van der Waals surface area contributed by atoms with E-state index in [-0.39, 0.29) is 16.9 Å². The molecule has 0 radical (unpaired) electrons.